The molecule has 0 fully saturated rings. The third-order valence-electron chi connectivity index (χ3n) is 2.77. The SMILES string of the molecule is C=CCC(C#N)C(=O)Nc1cccc2cccnc12. The van der Waals surface area contributed by atoms with Crippen molar-refractivity contribution in [2.75, 3.05) is 5.32 Å². The van der Waals surface area contributed by atoms with Gasteiger partial charge in [0.1, 0.15) is 5.92 Å². The van der Waals surface area contributed by atoms with E-state index < -0.39 is 5.92 Å². The highest BCUT2D eigenvalue weighted by molar-refractivity contribution is 6.01. The van der Waals surface area contributed by atoms with Crippen LogP contribution >= 0.6 is 0 Å². The molecule has 0 aliphatic carbocycles. The number of hydrogen-bond acceptors (Lipinski definition) is 3. The van der Waals surface area contributed by atoms with Gasteiger partial charge in [-0.2, -0.15) is 5.26 Å². The fraction of sp³-hybridized carbons (Fsp3) is 0.133. The molecular weight excluding hydrogens is 238 g/mol. The number of hydrogen-bond donors (Lipinski definition) is 1. The number of allylic oxidation sites excluding steroid dienone is 1. The molecule has 0 bridgehead atoms. The maximum absolute atomic E-state index is 12.0. The van der Waals surface area contributed by atoms with E-state index >= 15 is 0 Å². The number of nitrogens with zero attached hydrogens (tertiary/aromatic N) is 2. The number of para-hydroxylation sites is 1. The Morgan fingerprint density at radius 1 is 1.47 bits per heavy atom. The van der Waals surface area contributed by atoms with E-state index in [4.69, 9.17) is 5.26 Å². The Morgan fingerprint density at radius 3 is 3.00 bits per heavy atom. The summed E-state index contributed by atoms with van der Waals surface area (Å²) >= 11 is 0. The second-order valence-electron chi connectivity index (χ2n) is 4.08. The van der Waals surface area contributed by atoms with E-state index in [1.54, 1.807) is 18.3 Å². The van der Waals surface area contributed by atoms with E-state index in [-0.39, 0.29) is 5.91 Å². The summed E-state index contributed by atoms with van der Waals surface area (Å²) in [4.78, 5) is 16.2. The maximum Gasteiger partial charge on any atom is 0.242 e. The highest BCUT2D eigenvalue weighted by Crippen LogP contribution is 2.21. The number of nitriles is 1. The number of amides is 1. The van der Waals surface area contributed by atoms with Gasteiger partial charge in [-0.05, 0) is 18.6 Å². The molecule has 0 saturated carbocycles. The molecule has 1 N–H and O–H groups in total. The van der Waals surface area contributed by atoms with E-state index in [9.17, 15) is 4.79 Å². The van der Waals surface area contributed by atoms with Crippen molar-refractivity contribution in [2.24, 2.45) is 5.92 Å². The highest BCUT2D eigenvalue weighted by Gasteiger charge is 2.17. The first kappa shape index (κ1) is 12.8. The molecule has 1 aromatic carbocycles. The van der Waals surface area contributed by atoms with Gasteiger partial charge in [-0.25, -0.2) is 0 Å². The zero-order chi connectivity index (χ0) is 13.7. The average Bonchev–Trinajstić information content (AvgIpc) is 2.45. The topological polar surface area (TPSA) is 65.8 Å². The number of rotatable bonds is 4. The Hall–Kier alpha value is -2.67. The van der Waals surface area contributed by atoms with Crippen LogP contribution in [0.4, 0.5) is 5.69 Å². The lowest BCUT2D eigenvalue weighted by Gasteiger charge is -2.10. The Labute approximate surface area is 111 Å². The average molecular weight is 251 g/mol. The summed E-state index contributed by atoms with van der Waals surface area (Å²) in [5, 5.41) is 12.6. The molecule has 1 atom stereocenters. The van der Waals surface area contributed by atoms with Crippen LogP contribution in [-0.2, 0) is 4.79 Å². The van der Waals surface area contributed by atoms with Crippen LogP contribution in [0.3, 0.4) is 0 Å². The van der Waals surface area contributed by atoms with Gasteiger partial charge in [0.25, 0.3) is 0 Å². The summed E-state index contributed by atoms with van der Waals surface area (Å²) in [7, 11) is 0. The molecule has 4 nitrogen and oxygen atoms in total. The van der Waals surface area contributed by atoms with Crippen molar-refractivity contribution < 1.29 is 4.79 Å². The number of pyridine rings is 1. The van der Waals surface area contributed by atoms with Crippen LogP contribution in [0, 0.1) is 17.2 Å². The predicted octanol–water partition coefficient (Wildman–Crippen LogP) is 2.89. The number of benzene rings is 1. The fourth-order valence-corrected chi connectivity index (χ4v) is 1.81. The van der Waals surface area contributed by atoms with Crippen molar-refractivity contribution in [1.29, 1.82) is 5.26 Å². The van der Waals surface area contributed by atoms with Gasteiger partial charge in [0.05, 0.1) is 17.3 Å². The van der Waals surface area contributed by atoms with Gasteiger partial charge in [0.2, 0.25) is 5.91 Å². The molecule has 4 heteroatoms. The standard InChI is InChI=1S/C15H13N3O/c1-2-5-12(10-16)15(19)18-13-8-3-6-11-7-4-9-17-14(11)13/h2-4,6-9,12H,1,5H2,(H,18,19). The molecule has 0 aliphatic rings. The Bertz CT molecular complexity index is 652. The van der Waals surface area contributed by atoms with E-state index in [0.717, 1.165) is 5.39 Å². The third kappa shape index (κ3) is 2.78. The lowest BCUT2D eigenvalue weighted by atomic mass is 10.1. The summed E-state index contributed by atoms with van der Waals surface area (Å²) in [6.45, 7) is 3.54. The molecule has 2 aromatic rings. The second kappa shape index (κ2) is 5.78. The molecular formula is C15H13N3O. The summed E-state index contributed by atoms with van der Waals surface area (Å²) in [5.74, 6) is -1.06. The molecule has 0 saturated heterocycles. The van der Waals surface area contributed by atoms with Gasteiger partial charge in [0.15, 0.2) is 0 Å². The zero-order valence-corrected chi connectivity index (χ0v) is 10.3. The van der Waals surface area contributed by atoms with Gasteiger partial charge in [0, 0.05) is 11.6 Å². The zero-order valence-electron chi connectivity index (χ0n) is 10.3. The van der Waals surface area contributed by atoms with Gasteiger partial charge in [-0.15, -0.1) is 6.58 Å². The van der Waals surface area contributed by atoms with Crippen molar-refractivity contribution in [3.8, 4) is 6.07 Å². The molecule has 94 valence electrons. The van der Waals surface area contributed by atoms with E-state index in [1.807, 2.05) is 30.3 Å². The molecule has 0 aliphatic heterocycles. The first-order chi connectivity index (χ1) is 9.26. The number of nitrogens with one attached hydrogen (secondary N) is 1. The summed E-state index contributed by atoms with van der Waals surface area (Å²) in [5.41, 5.74) is 1.33. The Balaban J connectivity index is 2.29. The monoisotopic (exact) mass is 251 g/mol. The quantitative estimate of drug-likeness (QED) is 0.850. The number of fused-ring (bicyclic) bond motifs is 1. The normalized spacial score (nSPS) is 11.5. The number of carbonyl (C=O) groups is 1. The van der Waals surface area contributed by atoms with Crippen LogP contribution in [0.15, 0.2) is 49.2 Å². The van der Waals surface area contributed by atoms with Crippen molar-refractivity contribution in [2.45, 2.75) is 6.42 Å². The molecule has 19 heavy (non-hydrogen) atoms. The van der Waals surface area contributed by atoms with Gasteiger partial charge < -0.3 is 5.32 Å². The van der Waals surface area contributed by atoms with Crippen LogP contribution in [0.1, 0.15) is 6.42 Å². The van der Waals surface area contributed by atoms with E-state index in [2.05, 4.69) is 16.9 Å². The highest BCUT2D eigenvalue weighted by atomic mass is 16.1. The molecule has 2 rings (SSSR count). The number of anilines is 1. The Morgan fingerprint density at radius 2 is 2.26 bits per heavy atom. The first-order valence-corrected chi connectivity index (χ1v) is 5.91. The van der Waals surface area contributed by atoms with Crippen molar-refractivity contribution >= 4 is 22.5 Å². The van der Waals surface area contributed by atoms with Crippen LogP contribution < -0.4 is 5.32 Å². The molecule has 0 radical (unpaired) electrons. The number of aromatic nitrogens is 1. The predicted molar refractivity (Wildman–Crippen MR) is 74.3 cm³/mol. The molecule has 0 spiro atoms. The van der Waals surface area contributed by atoms with Crippen molar-refractivity contribution in [1.82, 2.24) is 4.98 Å². The minimum absolute atomic E-state index is 0.333. The maximum atomic E-state index is 12.0. The van der Waals surface area contributed by atoms with E-state index in [0.29, 0.717) is 17.6 Å². The summed E-state index contributed by atoms with van der Waals surface area (Å²) in [6, 6.07) is 11.3. The smallest absolute Gasteiger partial charge is 0.242 e. The number of carbonyl (C=O) groups excluding carboxylic acids is 1. The van der Waals surface area contributed by atoms with Crippen LogP contribution in [0.5, 0.6) is 0 Å². The lowest BCUT2D eigenvalue weighted by Crippen LogP contribution is -2.21. The molecule has 1 heterocycles. The van der Waals surface area contributed by atoms with Gasteiger partial charge >= 0.3 is 0 Å². The molecule has 1 aromatic heterocycles. The summed E-state index contributed by atoms with van der Waals surface area (Å²) < 4.78 is 0. The second-order valence-corrected chi connectivity index (χ2v) is 4.08. The van der Waals surface area contributed by atoms with Crippen LogP contribution in [-0.4, -0.2) is 10.9 Å². The first-order valence-electron chi connectivity index (χ1n) is 5.91. The van der Waals surface area contributed by atoms with Crippen LogP contribution in [0.2, 0.25) is 0 Å². The largest absolute Gasteiger partial charge is 0.323 e. The van der Waals surface area contributed by atoms with Crippen molar-refractivity contribution in [3.63, 3.8) is 0 Å². The molecule has 1 amide bonds. The molecule has 1 unspecified atom stereocenters. The minimum atomic E-state index is -0.725. The van der Waals surface area contributed by atoms with Crippen molar-refractivity contribution in [3.05, 3.63) is 49.2 Å². The summed E-state index contributed by atoms with van der Waals surface area (Å²) in [6.07, 6.45) is 3.57. The van der Waals surface area contributed by atoms with Gasteiger partial charge in [-0.3, -0.25) is 9.78 Å². The third-order valence-corrected chi connectivity index (χ3v) is 2.77. The van der Waals surface area contributed by atoms with Crippen LogP contribution in [0.25, 0.3) is 10.9 Å². The van der Waals surface area contributed by atoms with E-state index in [1.165, 1.54) is 0 Å². The van der Waals surface area contributed by atoms with Gasteiger partial charge in [-0.1, -0.05) is 24.3 Å². The lowest BCUT2D eigenvalue weighted by molar-refractivity contribution is -0.118. The Kier molecular flexibility index (Phi) is 3.89. The minimum Gasteiger partial charge on any atom is -0.323 e. The fourth-order valence-electron chi connectivity index (χ4n) is 1.81.